The van der Waals surface area contributed by atoms with Crippen LogP contribution >= 0.6 is 0 Å². The van der Waals surface area contributed by atoms with Crippen LogP contribution in [-0.4, -0.2) is 0 Å². The van der Waals surface area contributed by atoms with E-state index in [9.17, 15) is 8.78 Å². The molecule has 0 atom stereocenters. The number of nitrogens with zero attached hydrogens (tertiary/aromatic N) is 2. The largest absolute Gasteiger partial charge is 0.205 e. The van der Waals surface area contributed by atoms with Crippen molar-refractivity contribution in [3.8, 4) is 12.1 Å². The van der Waals surface area contributed by atoms with Crippen LogP contribution in [0, 0.1) is 41.2 Å². The van der Waals surface area contributed by atoms with E-state index in [4.69, 9.17) is 10.5 Å². The molecule has 0 fully saturated rings. The fraction of sp³-hybridized carbons (Fsp3) is 0.273. The Hall–Kier alpha value is -1.94. The average Bonchev–Trinajstić information content (AvgIpc) is 2.19. The second-order valence-electron chi connectivity index (χ2n) is 3.06. The molecule has 0 saturated heterocycles. The zero-order valence-corrected chi connectivity index (χ0v) is 8.36. The molecule has 0 amide bonds. The van der Waals surface area contributed by atoms with E-state index in [2.05, 4.69) is 0 Å². The number of nitriles is 2. The molecule has 0 aliphatic heterocycles. The van der Waals surface area contributed by atoms with Crippen LogP contribution in [0.5, 0.6) is 0 Å². The first-order valence-electron chi connectivity index (χ1n) is 4.39. The fourth-order valence-electron chi connectivity index (χ4n) is 1.50. The summed E-state index contributed by atoms with van der Waals surface area (Å²) in [4.78, 5) is 0. The Morgan fingerprint density at radius 3 is 2.00 bits per heavy atom. The average molecular weight is 206 g/mol. The zero-order chi connectivity index (χ0) is 11.6. The Kier molecular flexibility index (Phi) is 3.01. The molecule has 1 aromatic rings. The summed E-state index contributed by atoms with van der Waals surface area (Å²) in [5, 5.41) is 17.3. The second-order valence-corrected chi connectivity index (χ2v) is 3.06. The van der Waals surface area contributed by atoms with Gasteiger partial charge in [-0.3, -0.25) is 0 Å². The Morgan fingerprint density at radius 2 is 1.60 bits per heavy atom. The highest BCUT2D eigenvalue weighted by Crippen LogP contribution is 2.25. The van der Waals surface area contributed by atoms with Crippen LogP contribution in [0.25, 0.3) is 0 Å². The minimum absolute atomic E-state index is 0.226. The van der Waals surface area contributed by atoms with Gasteiger partial charge in [-0.1, -0.05) is 6.92 Å². The molecule has 76 valence electrons. The highest BCUT2D eigenvalue weighted by atomic mass is 19.1. The molecule has 0 aliphatic carbocycles. The lowest BCUT2D eigenvalue weighted by Crippen LogP contribution is -2.04. The summed E-state index contributed by atoms with van der Waals surface area (Å²) in [6, 6.07) is 3.09. The van der Waals surface area contributed by atoms with Gasteiger partial charge in [-0.25, -0.2) is 8.78 Å². The van der Waals surface area contributed by atoms with Gasteiger partial charge in [-0.2, -0.15) is 10.5 Å². The molecule has 0 spiro atoms. The van der Waals surface area contributed by atoms with Gasteiger partial charge in [-0.05, 0) is 24.5 Å². The van der Waals surface area contributed by atoms with E-state index in [1.165, 1.54) is 13.0 Å². The van der Waals surface area contributed by atoms with Crippen LogP contribution in [0.3, 0.4) is 0 Å². The van der Waals surface area contributed by atoms with Gasteiger partial charge in [0.2, 0.25) is 0 Å². The van der Waals surface area contributed by atoms with Crippen molar-refractivity contribution >= 4 is 0 Å². The minimum Gasteiger partial charge on any atom is -0.205 e. The number of hydrogen-bond donors (Lipinski definition) is 0. The molecule has 0 heterocycles. The molecule has 15 heavy (non-hydrogen) atoms. The summed E-state index contributed by atoms with van der Waals surface area (Å²) in [6.45, 7) is 3.16. The second kappa shape index (κ2) is 4.06. The van der Waals surface area contributed by atoms with Gasteiger partial charge in [0.25, 0.3) is 0 Å². The molecular weight excluding hydrogens is 198 g/mol. The summed E-state index contributed by atoms with van der Waals surface area (Å²) < 4.78 is 27.0. The Labute approximate surface area is 86.4 Å². The highest BCUT2D eigenvalue weighted by Gasteiger charge is 2.20. The molecule has 0 unspecified atom stereocenters. The molecule has 4 heteroatoms. The molecule has 1 rings (SSSR count). The van der Waals surface area contributed by atoms with Crippen molar-refractivity contribution in [3.05, 3.63) is 33.9 Å². The van der Waals surface area contributed by atoms with Crippen molar-refractivity contribution in [2.45, 2.75) is 20.3 Å². The lowest BCUT2D eigenvalue weighted by atomic mass is 9.96. The molecule has 0 aliphatic rings. The first kappa shape index (κ1) is 11.1. The summed E-state index contributed by atoms with van der Waals surface area (Å²) in [7, 11) is 0. The van der Waals surface area contributed by atoms with Gasteiger partial charge < -0.3 is 0 Å². The van der Waals surface area contributed by atoms with E-state index >= 15 is 0 Å². The van der Waals surface area contributed by atoms with E-state index in [1.807, 2.05) is 0 Å². The van der Waals surface area contributed by atoms with Gasteiger partial charge in [0.1, 0.15) is 23.5 Å². The predicted molar refractivity (Wildman–Crippen MR) is 49.9 cm³/mol. The quantitative estimate of drug-likeness (QED) is 0.708. The summed E-state index contributed by atoms with van der Waals surface area (Å²) in [5.41, 5.74) is -0.419. The first-order chi connectivity index (χ1) is 7.08. The lowest BCUT2D eigenvalue weighted by Gasteiger charge is -2.09. The topological polar surface area (TPSA) is 47.6 Å². The minimum atomic E-state index is -1.06. The highest BCUT2D eigenvalue weighted by molar-refractivity contribution is 5.51. The fourth-order valence-corrected chi connectivity index (χ4v) is 1.50. The van der Waals surface area contributed by atoms with Gasteiger partial charge in [-0.15, -0.1) is 0 Å². The maximum Gasteiger partial charge on any atom is 0.161 e. The summed E-state index contributed by atoms with van der Waals surface area (Å²) >= 11 is 0. The van der Waals surface area contributed by atoms with Gasteiger partial charge >= 0.3 is 0 Å². The molecule has 1 aromatic carbocycles. The Bertz CT molecular complexity index is 452. The molecule has 0 aromatic heterocycles. The molecule has 0 radical (unpaired) electrons. The maximum absolute atomic E-state index is 13.5. The number of benzene rings is 1. The number of hydrogen-bond acceptors (Lipinski definition) is 2. The monoisotopic (exact) mass is 206 g/mol. The summed E-state index contributed by atoms with van der Waals surface area (Å²) in [5.74, 6) is -1.92. The maximum atomic E-state index is 13.5. The third-order valence-corrected chi connectivity index (χ3v) is 2.33. The van der Waals surface area contributed by atoms with Crippen LogP contribution in [0.2, 0.25) is 0 Å². The normalized spacial score (nSPS) is 9.47. The molecule has 0 saturated carbocycles. The van der Waals surface area contributed by atoms with Crippen LogP contribution in [0.4, 0.5) is 8.78 Å². The van der Waals surface area contributed by atoms with E-state index in [-0.39, 0.29) is 16.7 Å². The SMILES string of the molecule is CCc1c(C)c(C#N)c(F)c(C#N)c1F. The zero-order valence-electron chi connectivity index (χ0n) is 8.36. The lowest BCUT2D eigenvalue weighted by molar-refractivity contribution is 0.562. The standard InChI is InChI=1S/C11H8F2N2/c1-3-7-6(2)8(4-14)11(13)9(5-15)10(7)12/h3H2,1-2H3. The number of rotatable bonds is 1. The molecule has 2 nitrogen and oxygen atoms in total. The number of halogens is 2. The van der Waals surface area contributed by atoms with Crippen molar-refractivity contribution in [2.24, 2.45) is 0 Å². The van der Waals surface area contributed by atoms with Crippen molar-refractivity contribution in [2.75, 3.05) is 0 Å². The smallest absolute Gasteiger partial charge is 0.161 e. The van der Waals surface area contributed by atoms with Gasteiger partial charge in [0.15, 0.2) is 5.82 Å². The molecule has 0 bridgehead atoms. The molecule has 0 N–H and O–H groups in total. The van der Waals surface area contributed by atoms with Crippen molar-refractivity contribution < 1.29 is 8.78 Å². The molecular formula is C11H8F2N2. The first-order valence-corrected chi connectivity index (χ1v) is 4.39. The van der Waals surface area contributed by atoms with Crippen LogP contribution in [0.1, 0.15) is 29.2 Å². The van der Waals surface area contributed by atoms with Gasteiger partial charge in [0, 0.05) is 0 Å². The van der Waals surface area contributed by atoms with E-state index in [0.29, 0.717) is 6.42 Å². The third-order valence-electron chi connectivity index (χ3n) is 2.33. The van der Waals surface area contributed by atoms with Crippen LogP contribution in [0.15, 0.2) is 0 Å². The van der Waals surface area contributed by atoms with E-state index < -0.39 is 17.2 Å². The Morgan fingerprint density at radius 1 is 1.07 bits per heavy atom. The predicted octanol–water partition coefficient (Wildman–Crippen LogP) is 2.58. The van der Waals surface area contributed by atoms with E-state index in [0.717, 1.165) is 0 Å². The summed E-state index contributed by atoms with van der Waals surface area (Å²) in [6.07, 6.45) is 0.321. The van der Waals surface area contributed by atoms with E-state index in [1.54, 1.807) is 13.0 Å². The van der Waals surface area contributed by atoms with Crippen LogP contribution in [-0.2, 0) is 6.42 Å². The third kappa shape index (κ3) is 1.55. The van der Waals surface area contributed by atoms with Gasteiger partial charge in [0.05, 0.1) is 5.56 Å². The Balaban J connectivity index is 3.77. The van der Waals surface area contributed by atoms with Crippen molar-refractivity contribution in [1.29, 1.82) is 10.5 Å². The van der Waals surface area contributed by atoms with Crippen LogP contribution < -0.4 is 0 Å². The van der Waals surface area contributed by atoms with Crippen molar-refractivity contribution in [1.82, 2.24) is 0 Å². The van der Waals surface area contributed by atoms with Crippen molar-refractivity contribution in [3.63, 3.8) is 0 Å².